The summed E-state index contributed by atoms with van der Waals surface area (Å²) in [7, 11) is 3.71. The first-order chi connectivity index (χ1) is 7.24. The number of hydrogen-bond donors (Lipinski definition) is 0. The highest BCUT2D eigenvalue weighted by atomic mass is 35.5. The highest BCUT2D eigenvalue weighted by molar-refractivity contribution is 6.31. The molecule has 5 heteroatoms. The van der Waals surface area contributed by atoms with Crippen LogP contribution in [-0.2, 0) is 0 Å². The minimum atomic E-state index is 0.273. The van der Waals surface area contributed by atoms with Crippen LogP contribution >= 0.6 is 11.6 Å². The van der Waals surface area contributed by atoms with Gasteiger partial charge in [-0.2, -0.15) is 5.10 Å². The van der Waals surface area contributed by atoms with E-state index in [1.54, 1.807) is 13.3 Å². The van der Waals surface area contributed by atoms with Crippen LogP contribution in [0.2, 0.25) is 5.15 Å². The van der Waals surface area contributed by atoms with E-state index in [2.05, 4.69) is 17.0 Å². The second-order valence-electron chi connectivity index (χ2n) is 3.91. The predicted molar refractivity (Wildman–Crippen MR) is 59.3 cm³/mol. The lowest BCUT2D eigenvalue weighted by Gasteiger charge is -2.32. The van der Waals surface area contributed by atoms with Crippen molar-refractivity contribution in [2.24, 2.45) is 0 Å². The van der Waals surface area contributed by atoms with E-state index in [0.717, 1.165) is 13.0 Å². The van der Waals surface area contributed by atoms with Gasteiger partial charge < -0.3 is 4.74 Å². The topological polar surface area (TPSA) is 30.3 Å². The van der Waals surface area contributed by atoms with Crippen molar-refractivity contribution in [1.82, 2.24) is 14.7 Å². The maximum Gasteiger partial charge on any atom is 0.175 e. The monoisotopic (exact) mass is 229 g/mol. The lowest BCUT2D eigenvalue weighted by atomic mass is 10.1. The van der Waals surface area contributed by atoms with Gasteiger partial charge in [-0.3, -0.25) is 4.90 Å². The van der Waals surface area contributed by atoms with Gasteiger partial charge in [0, 0.05) is 0 Å². The van der Waals surface area contributed by atoms with E-state index >= 15 is 0 Å². The molecule has 84 valence electrons. The average Bonchev–Trinajstić information content (AvgIpc) is 2.60. The van der Waals surface area contributed by atoms with Crippen molar-refractivity contribution in [2.45, 2.75) is 25.4 Å². The van der Waals surface area contributed by atoms with Gasteiger partial charge in [0.25, 0.3) is 0 Å². The number of nitrogens with zero attached hydrogens (tertiary/aromatic N) is 3. The van der Waals surface area contributed by atoms with Crippen molar-refractivity contribution in [1.29, 1.82) is 0 Å². The van der Waals surface area contributed by atoms with E-state index < -0.39 is 0 Å². The quantitative estimate of drug-likeness (QED) is 0.779. The number of hydrogen-bond acceptors (Lipinski definition) is 3. The zero-order valence-corrected chi connectivity index (χ0v) is 9.87. The highest BCUT2D eigenvalue weighted by Gasteiger charge is 2.24. The zero-order chi connectivity index (χ0) is 10.8. The summed E-state index contributed by atoms with van der Waals surface area (Å²) in [5.74, 6) is 0.649. The molecule has 0 amide bonds. The molecule has 0 spiro atoms. The van der Waals surface area contributed by atoms with E-state index in [4.69, 9.17) is 16.3 Å². The van der Waals surface area contributed by atoms with Crippen LogP contribution in [0.15, 0.2) is 6.20 Å². The first-order valence-electron chi connectivity index (χ1n) is 5.21. The molecule has 0 aromatic carbocycles. The maximum atomic E-state index is 6.17. The van der Waals surface area contributed by atoms with Gasteiger partial charge >= 0.3 is 0 Å². The van der Waals surface area contributed by atoms with Gasteiger partial charge in [-0.05, 0) is 32.9 Å². The molecule has 1 fully saturated rings. The average molecular weight is 230 g/mol. The molecule has 1 aliphatic rings. The van der Waals surface area contributed by atoms with Crippen molar-refractivity contribution >= 4 is 11.6 Å². The number of methoxy groups -OCH3 is 1. The van der Waals surface area contributed by atoms with Gasteiger partial charge in [-0.25, -0.2) is 4.68 Å². The Bertz CT molecular complexity index is 339. The fourth-order valence-electron chi connectivity index (χ4n) is 2.04. The molecule has 4 nitrogen and oxygen atoms in total. The second kappa shape index (κ2) is 4.41. The van der Waals surface area contributed by atoms with Gasteiger partial charge in [0.2, 0.25) is 0 Å². The van der Waals surface area contributed by atoms with Crippen molar-refractivity contribution in [3.05, 3.63) is 11.3 Å². The third kappa shape index (κ3) is 1.96. The molecule has 1 aliphatic heterocycles. The van der Waals surface area contributed by atoms with E-state index in [1.807, 2.05) is 4.68 Å². The molecule has 0 N–H and O–H groups in total. The molecule has 2 rings (SSSR count). The molecule has 0 saturated carbocycles. The summed E-state index contributed by atoms with van der Waals surface area (Å²) in [6, 6.07) is 0. The molecule has 1 unspecified atom stereocenters. The predicted octanol–water partition coefficient (Wildman–Crippen LogP) is 2.16. The van der Waals surface area contributed by atoms with Crippen molar-refractivity contribution in [3.8, 4) is 5.75 Å². The molecule has 0 radical (unpaired) electrons. The van der Waals surface area contributed by atoms with Crippen LogP contribution in [-0.4, -0.2) is 35.4 Å². The van der Waals surface area contributed by atoms with E-state index in [1.165, 1.54) is 12.8 Å². The summed E-state index contributed by atoms with van der Waals surface area (Å²) in [6.07, 6.45) is 5.53. The number of rotatable bonds is 2. The van der Waals surface area contributed by atoms with Gasteiger partial charge in [0.05, 0.1) is 13.3 Å². The normalized spacial score (nSPS) is 23.0. The number of ether oxygens (including phenoxy) is 1. The molecule has 1 atom stereocenters. The molecule has 0 aliphatic carbocycles. The third-order valence-corrected chi connectivity index (χ3v) is 3.30. The van der Waals surface area contributed by atoms with Crippen LogP contribution in [0.25, 0.3) is 0 Å². The van der Waals surface area contributed by atoms with Crippen molar-refractivity contribution < 1.29 is 4.74 Å². The number of halogens is 1. The van der Waals surface area contributed by atoms with Gasteiger partial charge in [-0.15, -0.1) is 0 Å². The Kier molecular flexibility index (Phi) is 3.17. The summed E-state index contributed by atoms with van der Waals surface area (Å²) in [6.45, 7) is 1.10. The van der Waals surface area contributed by atoms with Gasteiger partial charge in [0.15, 0.2) is 10.9 Å². The van der Waals surface area contributed by atoms with E-state index in [-0.39, 0.29) is 6.17 Å². The Morgan fingerprint density at radius 2 is 2.33 bits per heavy atom. The number of likely N-dealkylation sites (tertiary alicyclic amines) is 1. The van der Waals surface area contributed by atoms with Crippen molar-refractivity contribution in [2.75, 3.05) is 20.7 Å². The second-order valence-corrected chi connectivity index (χ2v) is 4.26. The molecule has 1 saturated heterocycles. The fraction of sp³-hybridized carbons (Fsp3) is 0.700. The Hall–Kier alpha value is -0.740. The van der Waals surface area contributed by atoms with Crippen LogP contribution in [0, 0.1) is 0 Å². The summed E-state index contributed by atoms with van der Waals surface area (Å²) in [5.41, 5.74) is 0. The molecule has 1 aromatic heterocycles. The van der Waals surface area contributed by atoms with E-state index in [0.29, 0.717) is 10.9 Å². The summed E-state index contributed by atoms with van der Waals surface area (Å²) >= 11 is 6.17. The third-order valence-electron chi connectivity index (χ3n) is 2.94. The number of piperidine rings is 1. The van der Waals surface area contributed by atoms with Gasteiger partial charge in [0.1, 0.15) is 6.17 Å². The first kappa shape index (κ1) is 10.8. The van der Waals surface area contributed by atoms with Crippen LogP contribution in [0.3, 0.4) is 0 Å². The smallest absolute Gasteiger partial charge is 0.175 e. The van der Waals surface area contributed by atoms with Crippen LogP contribution in [0.5, 0.6) is 5.75 Å². The molecular weight excluding hydrogens is 214 g/mol. The Balaban J connectivity index is 2.23. The molecule has 15 heavy (non-hydrogen) atoms. The Morgan fingerprint density at radius 3 is 2.93 bits per heavy atom. The summed E-state index contributed by atoms with van der Waals surface area (Å²) < 4.78 is 6.96. The number of aromatic nitrogens is 2. The Morgan fingerprint density at radius 1 is 1.53 bits per heavy atom. The molecule has 0 bridgehead atoms. The first-order valence-corrected chi connectivity index (χ1v) is 5.59. The van der Waals surface area contributed by atoms with Crippen LogP contribution < -0.4 is 4.74 Å². The van der Waals surface area contributed by atoms with Crippen LogP contribution in [0.4, 0.5) is 0 Å². The largest absolute Gasteiger partial charge is 0.492 e. The van der Waals surface area contributed by atoms with E-state index in [9.17, 15) is 0 Å². The summed E-state index contributed by atoms with van der Waals surface area (Å²) in [5, 5.41) is 4.87. The van der Waals surface area contributed by atoms with Crippen molar-refractivity contribution in [3.63, 3.8) is 0 Å². The molecular formula is C10H16ClN3O. The molecule has 2 heterocycles. The highest BCUT2D eigenvalue weighted by Crippen LogP contribution is 2.31. The van der Waals surface area contributed by atoms with Crippen LogP contribution in [0.1, 0.15) is 25.4 Å². The summed E-state index contributed by atoms with van der Waals surface area (Å²) in [4.78, 5) is 2.28. The zero-order valence-electron chi connectivity index (χ0n) is 9.11. The minimum absolute atomic E-state index is 0.273. The lowest BCUT2D eigenvalue weighted by Crippen LogP contribution is -2.34. The lowest BCUT2D eigenvalue weighted by molar-refractivity contribution is 0.115. The van der Waals surface area contributed by atoms with Gasteiger partial charge in [-0.1, -0.05) is 11.6 Å². The minimum Gasteiger partial charge on any atom is -0.492 e. The standard InChI is InChI=1S/C10H16ClN3O/c1-13-6-4-3-5-9(13)14-10(11)8(15-2)7-12-14/h7,9H,3-6H2,1-2H3. The maximum absolute atomic E-state index is 6.17. The Labute approximate surface area is 94.8 Å². The molecule has 1 aromatic rings. The SMILES string of the molecule is COc1cnn(C2CCCCN2C)c1Cl. The fourth-order valence-corrected chi connectivity index (χ4v) is 2.32.